The average molecular weight is 334 g/mol. The fourth-order valence-corrected chi connectivity index (χ4v) is 3.22. The minimum atomic E-state index is -0.533. The number of fused-ring (bicyclic) bond motifs is 1. The average Bonchev–Trinajstić information content (AvgIpc) is 3.14. The summed E-state index contributed by atoms with van der Waals surface area (Å²) in [6, 6.07) is 15.1. The molecule has 126 valence electrons. The van der Waals surface area contributed by atoms with Crippen molar-refractivity contribution in [3.8, 4) is 11.4 Å². The molecule has 1 aromatic heterocycles. The molecule has 4 rings (SSSR count). The molecule has 1 aliphatic heterocycles. The van der Waals surface area contributed by atoms with E-state index in [0.717, 1.165) is 16.7 Å². The Balaban J connectivity index is 1.62. The highest BCUT2D eigenvalue weighted by atomic mass is 16.3. The maximum Gasteiger partial charge on any atom is 0.254 e. The van der Waals surface area contributed by atoms with Gasteiger partial charge in [0.2, 0.25) is 0 Å². The SMILES string of the molecule is O=C(c1cccc(-c2ncn[nH]2)c1)N1CCC(O)c2ccccc2C1. The quantitative estimate of drug-likeness (QED) is 0.754. The summed E-state index contributed by atoms with van der Waals surface area (Å²) in [6.45, 7) is 1.01. The molecule has 2 N–H and O–H groups in total. The Kier molecular flexibility index (Phi) is 4.03. The van der Waals surface area contributed by atoms with Crippen LogP contribution in [0.25, 0.3) is 11.4 Å². The van der Waals surface area contributed by atoms with Crippen molar-refractivity contribution in [2.75, 3.05) is 6.54 Å². The fourth-order valence-electron chi connectivity index (χ4n) is 3.22. The van der Waals surface area contributed by atoms with E-state index >= 15 is 0 Å². The van der Waals surface area contributed by atoms with Gasteiger partial charge >= 0.3 is 0 Å². The molecule has 0 bridgehead atoms. The molecule has 2 heterocycles. The molecule has 0 aliphatic carbocycles. The molecular weight excluding hydrogens is 316 g/mol. The second-order valence-corrected chi connectivity index (χ2v) is 6.14. The van der Waals surface area contributed by atoms with Crippen LogP contribution in [0.15, 0.2) is 54.9 Å². The number of aromatic amines is 1. The van der Waals surface area contributed by atoms with Gasteiger partial charge in [-0.15, -0.1) is 0 Å². The van der Waals surface area contributed by atoms with Crippen molar-refractivity contribution >= 4 is 5.91 Å². The van der Waals surface area contributed by atoms with Crippen LogP contribution in [0, 0.1) is 0 Å². The molecule has 0 spiro atoms. The van der Waals surface area contributed by atoms with Crippen molar-refractivity contribution < 1.29 is 9.90 Å². The second kappa shape index (κ2) is 6.49. The van der Waals surface area contributed by atoms with Gasteiger partial charge in [-0.2, -0.15) is 5.10 Å². The van der Waals surface area contributed by atoms with E-state index in [1.165, 1.54) is 6.33 Å². The number of nitrogens with zero attached hydrogens (tertiary/aromatic N) is 3. The number of H-pyrrole nitrogens is 1. The summed E-state index contributed by atoms with van der Waals surface area (Å²) in [4.78, 5) is 18.9. The summed E-state index contributed by atoms with van der Waals surface area (Å²) in [7, 11) is 0. The first kappa shape index (κ1) is 15.5. The number of carbonyl (C=O) groups is 1. The van der Waals surface area contributed by atoms with Gasteiger partial charge in [0.15, 0.2) is 5.82 Å². The molecule has 25 heavy (non-hydrogen) atoms. The Morgan fingerprint density at radius 2 is 2.08 bits per heavy atom. The highest BCUT2D eigenvalue weighted by molar-refractivity contribution is 5.95. The van der Waals surface area contributed by atoms with Crippen molar-refractivity contribution in [1.29, 1.82) is 0 Å². The molecular formula is C19H18N4O2. The number of hydrogen-bond donors (Lipinski definition) is 2. The number of nitrogens with one attached hydrogen (secondary N) is 1. The molecule has 0 saturated carbocycles. The number of aliphatic hydroxyl groups excluding tert-OH is 1. The van der Waals surface area contributed by atoms with Crippen LogP contribution in [0.2, 0.25) is 0 Å². The molecule has 6 heteroatoms. The van der Waals surface area contributed by atoms with Crippen LogP contribution in [-0.2, 0) is 6.54 Å². The standard InChI is InChI=1S/C19H18N4O2/c24-17-8-9-23(11-15-4-1-2-7-16(15)17)19(25)14-6-3-5-13(10-14)18-20-12-21-22-18/h1-7,10,12,17,24H,8-9,11H2,(H,20,21,22). The zero-order valence-corrected chi connectivity index (χ0v) is 13.6. The first-order valence-corrected chi connectivity index (χ1v) is 8.23. The van der Waals surface area contributed by atoms with Gasteiger partial charge < -0.3 is 10.0 Å². The van der Waals surface area contributed by atoms with Crippen molar-refractivity contribution in [2.45, 2.75) is 19.1 Å². The first-order valence-electron chi connectivity index (χ1n) is 8.23. The van der Waals surface area contributed by atoms with Crippen molar-refractivity contribution in [1.82, 2.24) is 20.1 Å². The van der Waals surface area contributed by atoms with Gasteiger partial charge in [0.05, 0.1) is 6.10 Å². The van der Waals surface area contributed by atoms with Crippen LogP contribution in [0.1, 0.15) is 34.0 Å². The molecule has 2 aromatic carbocycles. The molecule has 3 aromatic rings. The first-order chi connectivity index (χ1) is 12.2. The highest BCUT2D eigenvalue weighted by Crippen LogP contribution is 2.27. The number of benzene rings is 2. The van der Waals surface area contributed by atoms with Crippen LogP contribution >= 0.6 is 0 Å². The van der Waals surface area contributed by atoms with Crippen LogP contribution in [0.3, 0.4) is 0 Å². The lowest BCUT2D eigenvalue weighted by atomic mass is 10.0. The van der Waals surface area contributed by atoms with Crippen LogP contribution in [-0.4, -0.2) is 37.6 Å². The third kappa shape index (κ3) is 3.04. The summed E-state index contributed by atoms with van der Waals surface area (Å²) in [5.41, 5.74) is 3.32. The Morgan fingerprint density at radius 1 is 1.20 bits per heavy atom. The Morgan fingerprint density at radius 3 is 2.92 bits per heavy atom. The molecule has 1 atom stereocenters. The monoisotopic (exact) mass is 334 g/mol. The molecule has 0 radical (unpaired) electrons. The van der Waals surface area contributed by atoms with Gasteiger partial charge in [-0.05, 0) is 29.7 Å². The minimum absolute atomic E-state index is 0.0507. The molecule has 1 unspecified atom stereocenters. The van der Waals surface area contributed by atoms with E-state index in [4.69, 9.17) is 0 Å². The minimum Gasteiger partial charge on any atom is -0.388 e. The van der Waals surface area contributed by atoms with E-state index in [2.05, 4.69) is 15.2 Å². The number of aliphatic hydroxyl groups is 1. The van der Waals surface area contributed by atoms with Gasteiger partial charge in [0.25, 0.3) is 5.91 Å². The van der Waals surface area contributed by atoms with Crippen molar-refractivity contribution in [3.63, 3.8) is 0 Å². The predicted octanol–water partition coefficient (Wildman–Crippen LogP) is 2.55. The maximum atomic E-state index is 13.0. The summed E-state index contributed by atoms with van der Waals surface area (Å²) >= 11 is 0. The third-order valence-electron chi connectivity index (χ3n) is 4.53. The molecule has 0 saturated heterocycles. The van der Waals surface area contributed by atoms with E-state index in [1.807, 2.05) is 42.5 Å². The lowest BCUT2D eigenvalue weighted by Crippen LogP contribution is -2.30. The number of aromatic nitrogens is 3. The van der Waals surface area contributed by atoms with Gasteiger partial charge in [-0.25, -0.2) is 4.98 Å². The van der Waals surface area contributed by atoms with Gasteiger partial charge in [-0.3, -0.25) is 9.89 Å². The molecule has 1 amide bonds. The normalized spacial score (nSPS) is 17.0. The van der Waals surface area contributed by atoms with E-state index in [0.29, 0.717) is 30.9 Å². The van der Waals surface area contributed by atoms with Gasteiger partial charge in [0, 0.05) is 24.2 Å². The van der Waals surface area contributed by atoms with E-state index in [-0.39, 0.29) is 5.91 Å². The predicted molar refractivity (Wildman–Crippen MR) is 92.6 cm³/mol. The summed E-state index contributed by atoms with van der Waals surface area (Å²) in [5.74, 6) is 0.580. The zero-order chi connectivity index (χ0) is 17.2. The Hall–Kier alpha value is -2.99. The maximum absolute atomic E-state index is 13.0. The number of amides is 1. The highest BCUT2D eigenvalue weighted by Gasteiger charge is 2.24. The van der Waals surface area contributed by atoms with Crippen molar-refractivity contribution in [3.05, 3.63) is 71.5 Å². The second-order valence-electron chi connectivity index (χ2n) is 6.14. The van der Waals surface area contributed by atoms with Crippen molar-refractivity contribution in [2.24, 2.45) is 0 Å². The largest absolute Gasteiger partial charge is 0.388 e. The molecule has 1 aliphatic rings. The van der Waals surface area contributed by atoms with E-state index in [1.54, 1.807) is 11.0 Å². The van der Waals surface area contributed by atoms with Gasteiger partial charge in [-0.1, -0.05) is 36.4 Å². The van der Waals surface area contributed by atoms with Gasteiger partial charge in [0.1, 0.15) is 6.33 Å². The lowest BCUT2D eigenvalue weighted by molar-refractivity contribution is 0.0723. The number of carbonyl (C=O) groups excluding carboxylic acids is 1. The Labute approximate surface area is 145 Å². The molecule has 6 nitrogen and oxygen atoms in total. The Bertz CT molecular complexity index is 892. The summed E-state index contributed by atoms with van der Waals surface area (Å²) in [5, 5.41) is 17.0. The zero-order valence-electron chi connectivity index (χ0n) is 13.6. The summed E-state index contributed by atoms with van der Waals surface area (Å²) in [6.07, 6.45) is 1.44. The van der Waals surface area contributed by atoms with E-state index in [9.17, 15) is 9.90 Å². The number of rotatable bonds is 2. The molecule has 0 fully saturated rings. The van der Waals surface area contributed by atoms with Crippen LogP contribution < -0.4 is 0 Å². The topological polar surface area (TPSA) is 82.1 Å². The summed E-state index contributed by atoms with van der Waals surface area (Å²) < 4.78 is 0. The smallest absolute Gasteiger partial charge is 0.254 e. The van der Waals surface area contributed by atoms with E-state index < -0.39 is 6.10 Å². The third-order valence-corrected chi connectivity index (χ3v) is 4.53. The van der Waals surface area contributed by atoms with Crippen LogP contribution in [0.5, 0.6) is 0 Å². The fraction of sp³-hybridized carbons (Fsp3) is 0.211. The number of hydrogen-bond acceptors (Lipinski definition) is 4. The van der Waals surface area contributed by atoms with Crippen LogP contribution in [0.4, 0.5) is 0 Å². The lowest BCUT2D eigenvalue weighted by Gasteiger charge is -2.21.